The monoisotopic (exact) mass is 224 g/mol. The minimum atomic E-state index is 0.162. The maximum Gasteiger partial charge on any atom is 0.171 e. The molecule has 0 saturated carbocycles. The van der Waals surface area contributed by atoms with Crippen molar-refractivity contribution in [1.29, 1.82) is 10.7 Å². The van der Waals surface area contributed by atoms with E-state index in [0.717, 1.165) is 16.8 Å². The maximum absolute atomic E-state index is 8.88. The van der Waals surface area contributed by atoms with E-state index in [1.54, 1.807) is 0 Å². The van der Waals surface area contributed by atoms with E-state index in [4.69, 9.17) is 10.7 Å². The van der Waals surface area contributed by atoms with Crippen LogP contribution in [-0.2, 0) is 0 Å². The van der Waals surface area contributed by atoms with E-state index in [1.807, 2.05) is 38.1 Å². The second-order valence-electron chi connectivity index (χ2n) is 3.99. The van der Waals surface area contributed by atoms with Gasteiger partial charge in [-0.3, -0.25) is 5.41 Å². The van der Waals surface area contributed by atoms with E-state index in [-0.39, 0.29) is 11.5 Å². The average molecular weight is 224 g/mol. The smallest absolute Gasteiger partial charge is 0.171 e. The molecule has 1 N–H and O–H groups in total. The summed E-state index contributed by atoms with van der Waals surface area (Å²) in [6, 6.07) is 7.87. The van der Waals surface area contributed by atoms with Crippen LogP contribution in [0.3, 0.4) is 0 Å². The zero-order chi connectivity index (χ0) is 12.6. The first-order chi connectivity index (χ1) is 8.04. The lowest BCUT2D eigenvalue weighted by Crippen LogP contribution is -2.21. The van der Waals surface area contributed by atoms with Crippen LogP contribution >= 0.6 is 0 Å². The first-order valence-electron chi connectivity index (χ1n) is 5.19. The van der Waals surface area contributed by atoms with E-state index in [2.05, 4.69) is 11.7 Å². The summed E-state index contributed by atoms with van der Waals surface area (Å²) in [4.78, 5) is 0. The van der Waals surface area contributed by atoms with Crippen molar-refractivity contribution in [1.82, 2.24) is 0 Å². The Morgan fingerprint density at radius 3 is 2.71 bits per heavy atom. The molecule has 84 valence electrons. The van der Waals surface area contributed by atoms with Crippen LogP contribution in [0, 0.1) is 30.6 Å². The molecule has 4 nitrogen and oxygen atoms in total. The van der Waals surface area contributed by atoms with E-state index in [1.165, 1.54) is 5.01 Å². The summed E-state index contributed by atoms with van der Waals surface area (Å²) in [5.74, 6) is 0.162. The third-order valence-corrected chi connectivity index (χ3v) is 2.68. The highest BCUT2D eigenvalue weighted by Gasteiger charge is 2.27. The van der Waals surface area contributed by atoms with Crippen LogP contribution in [0.15, 0.2) is 35.5 Å². The van der Waals surface area contributed by atoms with Gasteiger partial charge in [0.2, 0.25) is 0 Å². The number of benzene rings is 1. The van der Waals surface area contributed by atoms with Crippen molar-refractivity contribution in [3.8, 4) is 6.07 Å². The van der Waals surface area contributed by atoms with Gasteiger partial charge in [0.25, 0.3) is 0 Å². The van der Waals surface area contributed by atoms with E-state index < -0.39 is 0 Å². The minimum Gasteiger partial charge on any atom is -0.282 e. The van der Waals surface area contributed by atoms with Gasteiger partial charge in [0.05, 0.1) is 5.69 Å². The van der Waals surface area contributed by atoms with Crippen molar-refractivity contribution in [2.24, 2.45) is 5.10 Å². The highest BCUT2D eigenvalue weighted by Crippen LogP contribution is 2.27. The van der Waals surface area contributed by atoms with Gasteiger partial charge in [-0.25, -0.2) is 5.01 Å². The lowest BCUT2D eigenvalue weighted by Gasteiger charge is -2.16. The highest BCUT2D eigenvalue weighted by atomic mass is 15.5. The topological polar surface area (TPSA) is 63.2 Å². The van der Waals surface area contributed by atoms with Gasteiger partial charge >= 0.3 is 0 Å². The van der Waals surface area contributed by atoms with E-state index in [0.29, 0.717) is 5.57 Å². The van der Waals surface area contributed by atoms with Crippen LogP contribution in [0.5, 0.6) is 0 Å². The summed E-state index contributed by atoms with van der Waals surface area (Å²) in [5.41, 5.74) is 3.49. The fraction of sp³-hybridized carbons (Fsp3) is 0.154. The normalized spacial score (nSPS) is 14.9. The number of hydrazone groups is 1. The molecule has 0 unspecified atom stereocenters. The molecule has 1 aromatic carbocycles. The number of nitriles is 1. The standard InChI is InChI=1S/C13H12N4/c1-8-4-5-9(2)12(6-8)17-13(15)10(3)11(7-14)16-17/h4-6,15H,3H2,1-2H3. The summed E-state index contributed by atoms with van der Waals surface area (Å²) < 4.78 is 0. The molecule has 2 rings (SSSR count). The molecular weight excluding hydrogens is 212 g/mol. The Labute approximate surface area is 100.0 Å². The van der Waals surface area contributed by atoms with Gasteiger partial charge < -0.3 is 0 Å². The van der Waals surface area contributed by atoms with Gasteiger partial charge in [0.15, 0.2) is 11.5 Å². The van der Waals surface area contributed by atoms with Crippen molar-refractivity contribution in [3.63, 3.8) is 0 Å². The Balaban J connectivity index is 2.53. The first kappa shape index (κ1) is 11.1. The SMILES string of the molecule is C=C1C(=N)N(c2cc(C)ccc2C)N=C1C#N. The van der Waals surface area contributed by atoms with Crippen LogP contribution in [0.1, 0.15) is 11.1 Å². The van der Waals surface area contributed by atoms with Crippen LogP contribution in [-0.4, -0.2) is 11.5 Å². The summed E-state index contributed by atoms with van der Waals surface area (Å²) in [6.07, 6.45) is 0. The molecule has 1 aliphatic rings. The van der Waals surface area contributed by atoms with Crippen LogP contribution in [0.2, 0.25) is 0 Å². The van der Waals surface area contributed by atoms with Crippen molar-refractivity contribution < 1.29 is 0 Å². The lowest BCUT2D eigenvalue weighted by atomic mass is 10.1. The highest BCUT2D eigenvalue weighted by molar-refractivity contribution is 6.35. The first-order valence-corrected chi connectivity index (χ1v) is 5.19. The zero-order valence-corrected chi connectivity index (χ0v) is 9.78. The number of rotatable bonds is 1. The molecule has 1 heterocycles. The number of nitrogens with zero attached hydrogens (tertiary/aromatic N) is 3. The van der Waals surface area contributed by atoms with Crippen molar-refractivity contribution in [2.45, 2.75) is 13.8 Å². The maximum atomic E-state index is 8.88. The van der Waals surface area contributed by atoms with Crippen LogP contribution in [0.4, 0.5) is 5.69 Å². The summed E-state index contributed by atoms with van der Waals surface area (Å²) in [7, 11) is 0. The molecule has 0 fully saturated rings. The molecular formula is C13H12N4. The Bertz CT molecular complexity index is 590. The summed E-state index contributed by atoms with van der Waals surface area (Å²) in [5, 5.41) is 22.4. The van der Waals surface area contributed by atoms with Gasteiger partial charge in [-0.15, -0.1) is 0 Å². The minimum absolute atomic E-state index is 0.162. The molecule has 0 aromatic heterocycles. The Hall–Kier alpha value is -2.41. The number of hydrogen-bond acceptors (Lipinski definition) is 3. The van der Waals surface area contributed by atoms with Gasteiger partial charge in [0, 0.05) is 5.57 Å². The van der Waals surface area contributed by atoms with E-state index >= 15 is 0 Å². The predicted octanol–water partition coefficient (Wildman–Crippen LogP) is 2.54. The zero-order valence-electron chi connectivity index (χ0n) is 9.78. The fourth-order valence-corrected chi connectivity index (χ4v) is 1.66. The largest absolute Gasteiger partial charge is 0.282 e. The number of anilines is 1. The second kappa shape index (κ2) is 3.87. The number of aryl methyl sites for hydroxylation is 2. The lowest BCUT2D eigenvalue weighted by molar-refractivity contribution is 1.12. The molecule has 0 radical (unpaired) electrons. The number of nitrogens with one attached hydrogen (secondary N) is 1. The van der Waals surface area contributed by atoms with Crippen molar-refractivity contribution in [2.75, 3.05) is 5.01 Å². The Morgan fingerprint density at radius 2 is 2.12 bits per heavy atom. The van der Waals surface area contributed by atoms with Crippen LogP contribution in [0.25, 0.3) is 0 Å². The Morgan fingerprint density at radius 1 is 1.41 bits per heavy atom. The molecule has 0 aliphatic carbocycles. The van der Waals surface area contributed by atoms with Gasteiger partial charge in [-0.05, 0) is 31.0 Å². The van der Waals surface area contributed by atoms with Crippen molar-refractivity contribution in [3.05, 3.63) is 41.5 Å². The molecule has 17 heavy (non-hydrogen) atoms. The quantitative estimate of drug-likeness (QED) is 0.796. The number of hydrogen-bond donors (Lipinski definition) is 1. The van der Waals surface area contributed by atoms with E-state index in [9.17, 15) is 0 Å². The second-order valence-corrected chi connectivity index (χ2v) is 3.99. The molecule has 0 saturated heterocycles. The molecule has 0 atom stereocenters. The Kier molecular flexibility index (Phi) is 2.52. The van der Waals surface area contributed by atoms with Crippen molar-refractivity contribution >= 4 is 17.2 Å². The molecule has 1 aromatic rings. The molecule has 0 bridgehead atoms. The fourth-order valence-electron chi connectivity index (χ4n) is 1.66. The van der Waals surface area contributed by atoms with Gasteiger partial charge in [0.1, 0.15) is 6.07 Å². The van der Waals surface area contributed by atoms with Gasteiger partial charge in [-0.1, -0.05) is 18.7 Å². The molecule has 1 aliphatic heterocycles. The molecule has 0 amide bonds. The van der Waals surface area contributed by atoms with Gasteiger partial charge in [-0.2, -0.15) is 10.4 Å². The third-order valence-electron chi connectivity index (χ3n) is 2.68. The molecule has 4 heteroatoms. The van der Waals surface area contributed by atoms with Crippen LogP contribution < -0.4 is 5.01 Å². The number of amidine groups is 1. The molecule has 0 spiro atoms. The summed E-state index contributed by atoms with van der Waals surface area (Å²) in [6.45, 7) is 7.62. The average Bonchev–Trinajstić information content (AvgIpc) is 2.59. The summed E-state index contributed by atoms with van der Waals surface area (Å²) >= 11 is 0. The predicted molar refractivity (Wildman–Crippen MR) is 68.3 cm³/mol. The third kappa shape index (κ3) is 1.72.